The minimum atomic E-state index is -0.966. The second-order valence-electron chi connectivity index (χ2n) is 8.27. The van der Waals surface area contributed by atoms with Crippen molar-refractivity contribution < 1.29 is 14.6 Å². The number of aliphatic hydroxyl groups is 1. The molecule has 1 aliphatic rings. The molecule has 0 unspecified atom stereocenters. The van der Waals surface area contributed by atoms with Crippen LogP contribution in [0.1, 0.15) is 60.1 Å². The van der Waals surface area contributed by atoms with Crippen molar-refractivity contribution in [1.29, 1.82) is 0 Å². The molecule has 28 heavy (non-hydrogen) atoms. The van der Waals surface area contributed by atoms with E-state index in [0.717, 1.165) is 34.5 Å². The van der Waals surface area contributed by atoms with E-state index >= 15 is 0 Å². The summed E-state index contributed by atoms with van der Waals surface area (Å²) in [4.78, 5) is 14.7. The van der Waals surface area contributed by atoms with Gasteiger partial charge in [-0.15, -0.1) is 0 Å². The van der Waals surface area contributed by atoms with Crippen LogP contribution in [0.15, 0.2) is 30.3 Å². The number of hydrogen-bond acceptors (Lipinski definition) is 6. The summed E-state index contributed by atoms with van der Waals surface area (Å²) >= 11 is 1.28. The third-order valence-corrected chi connectivity index (χ3v) is 6.73. The van der Waals surface area contributed by atoms with E-state index in [1.54, 1.807) is 21.0 Å². The fraction of sp³-hybridized carbons (Fsp3) is 0.545. The number of hydrogen-bond donors (Lipinski definition) is 2. The number of piperidine rings is 1. The zero-order valence-corrected chi connectivity index (χ0v) is 17.9. The van der Waals surface area contributed by atoms with Gasteiger partial charge in [0.1, 0.15) is 0 Å². The molecule has 0 radical (unpaired) electrons. The Balaban J connectivity index is 2.04. The maximum Gasteiger partial charge on any atom is 0.176 e. The SMILES string of the molecule is COCCc1ccccc1C(=O)[C@]1(c2cc(C(C)(C)O)sn2)CC[C@@H](C)NC1. The van der Waals surface area contributed by atoms with Crippen LogP contribution in [0.3, 0.4) is 0 Å². The molecule has 0 bridgehead atoms. The number of rotatable bonds is 7. The molecule has 6 heteroatoms. The van der Waals surface area contributed by atoms with E-state index in [2.05, 4.69) is 16.6 Å². The van der Waals surface area contributed by atoms with Crippen LogP contribution in [0.2, 0.25) is 0 Å². The Bertz CT molecular complexity index is 817. The van der Waals surface area contributed by atoms with Gasteiger partial charge in [0, 0.05) is 25.3 Å². The summed E-state index contributed by atoms with van der Waals surface area (Å²) in [7, 11) is 1.67. The monoisotopic (exact) mass is 402 g/mol. The third kappa shape index (κ3) is 4.20. The quantitative estimate of drug-likeness (QED) is 0.694. The van der Waals surface area contributed by atoms with Crippen LogP contribution in [0.5, 0.6) is 0 Å². The lowest BCUT2D eigenvalue weighted by atomic mass is 9.70. The molecule has 0 spiro atoms. The molecule has 0 saturated carbocycles. The van der Waals surface area contributed by atoms with Gasteiger partial charge in [0.25, 0.3) is 0 Å². The number of ether oxygens (including phenoxy) is 1. The number of nitrogens with zero attached hydrogens (tertiary/aromatic N) is 1. The first kappa shape index (κ1) is 21.1. The molecule has 1 aliphatic heterocycles. The smallest absolute Gasteiger partial charge is 0.176 e. The van der Waals surface area contributed by atoms with Crippen LogP contribution < -0.4 is 5.32 Å². The van der Waals surface area contributed by atoms with Gasteiger partial charge < -0.3 is 15.2 Å². The van der Waals surface area contributed by atoms with Gasteiger partial charge in [-0.05, 0) is 63.2 Å². The summed E-state index contributed by atoms with van der Waals surface area (Å²) in [6.45, 7) is 6.77. The van der Waals surface area contributed by atoms with Crippen LogP contribution in [-0.2, 0) is 22.2 Å². The second kappa shape index (κ2) is 8.41. The average Bonchev–Trinajstić information content (AvgIpc) is 3.18. The molecule has 1 fully saturated rings. The molecule has 1 aromatic heterocycles. The number of Topliss-reactive ketones (excluding diaryl/α,β-unsaturated/α-hetero) is 1. The molecule has 0 amide bonds. The Kier molecular flexibility index (Phi) is 6.34. The van der Waals surface area contributed by atoms with Crippen LogP contribution in [-0.4, -0.2) is 41.6 Å². The van der Waals surface area contributed by atoms with E-state index in [1.165, 1.54) is 11.5 Å². The summed E-state index contributed by atoms with van der Waals surface area (Å²) in [6, 6.07) is 10.1. The van der Waals surface area contributed by atoms with Crippen molar-refractivity contribution in [2.75, 3.05) is 20.3 Å². The normalized spacial score (nSPS) is 23.0. The van der Waals surface area contributed by atoms with Crippen LogP contribution in [0.4, 0.5) is 0 Å². The van der Waals surface area contributed by atoms with Gasteiger partial charge in [0.05, 0.1) is 28.2 Å². The second-order valence-corrected chi connectivity index (χ2v) is 9.07. The molecule has 2 heterocycles. The number of aromatic nitrogens is 1. The van der Waals surface area contributed by atoms with Gasteiger partial charge in [-0.25, -0.2) is 0 Å². The van der Waals surface area contributed by atoms with Gasteiger partial charge in [0.15, 0.2) is 5.78 Å². The van der Waals surface area contributed by atoms with Crippen molar-refractivity contribution in [3.05, 3.63) is 52.0 Å². The van der Waals surface area contributed by atoms with Crippen molar-refractivity contribution in [3.63, 3.8) is 0 Å². The molecule has 1 saturated heterocycles. The molecule has 2 atom stereocenters. The van der Waals surface area contributed by atoms with E-state index < -0.39 is 11.0 Å². The topological polar surface area (TPSA) is 71.5 Å². The lowest BCUT2D eigenvalue weighted by molar-refractivity contribution is 0.0805. The zero-order valence-electron chi connectivity index (χ0n) is 17.1. The molecule has 5 nitrogen and oxygen atoms in total. The van der Waals surface area contributed by atoms with Crippen molar-refractivity contribution in [3.8, 4) is 0 Å². The summed E-state index contributed by atoms with van der Waals surface area (Å²) < 4.78 is 9.87. The minimum Gasteiger partial charge on any atom is -0.385 e. The highest BCUT2D eigenvalue weighted by molar-refractivity contribution is 7.06. The van der Waals surface area contributed by atoms with Crippen LogP contribution in [0.25, 0.3) is 0 Å². The molecule has 2 N–H and O–H groups in total. The molecule has 152 valence electrons. The highest BCUT2D eigenvalue weighted by Crippen LogP contribution is 2.39. The zero-order chi connectivity index (χ0) is 20.4. The number of carbonyl (C=O) groups excluding carboxylic acids is 1. The fourth-order valence-corrected chi connectivity index (χ4v) is 4.56. The Hall–Kier alpha value is -1.60. The molecule has 0 aliphatic carbocycles. The maximum atomic E-state index is 13.9. The lowest BCUT2D eigenvalue weighted by Crippen LogP contribution is -2.52. The van der Waals surface area contributed by atoms with Gasteiger partial charge in [-0.1, -0.05) is 24.3 Å². The molecular formula is C22H30N2O3S. The third-order valence-electron chi connectivity index (χ3n) is 5.63. The number of methoxy groups -OCH3 is 1. The van der Waals surface area contributed by atoms with Gasteiger partial charge in [-0.2, -0.15) is 4.37 Å². The van der Waals surface area contributed by atoms with Crippen LogP contribution in [0, 0.1) is 0 Å². The maximum absolute atomic E-state index is 13.9. The largest absolute Gasteiger partial charge is 0.385 e. The van der Waals surface area contributed by atoms with Crippen LogP contribution >= 0.6 is 11.5 Å². The predicted molar refractivity (Wildman–Crippen MR) is 112 cm³/mol. The number of benzene rings is 1. The van der Waals surface area contributed by atoms with Crippen molar-refractivity contribution in [1.82, 2.24) is 9.69 Å². The molecule has 2 aromatic rings. The first-order chi connectivity index (χ1) is 13.3. The van der Waals surface area contributed by atoms with E-state index in [4.69, 9.17) is 4.74 Å². The first-order valence-electron chi connectivity index (χ1n) is 9.83. The number of carbonyl (C=O) groups is 1. The van der Waals surface area contributed by atoms with Gasteiger partial charge in [0.2, 0.25) is 0 Å². The first-order valence-corrected chi connectivity index (χ1v) is 10.6. The summed E-state index contributed by atoms with van der Waals surface area (Å²) in [5.74, 6) is 0.103. The van der Waals surface area contributed by atoms with E-state index in [1.807, 2.05) is 30.3 Å². The minimum absolute atomic E-state index is 0.103. The Morgan fingerprint density at radius 2 is 2.18 bits per heavy atom. The van der Waals surface area contributed by atoms with Crippen molar-refractivity contribution in [2.24, 2.45) is 0 Å². The van der Waals surface area contributed by atoms with E-state index in [9.17, 15) is 9.90 Å². The highest BCUT2D eigenvalue weighted by Gasteiger charge is 2.45. The standard InChI is InChI=1S/C22H30N2O3S/c1-15-9-11-22(14-23-15,18-13-19(28-24-18)21(2,3)26)20(25)17-8-6-5-7-16(17)10-12-27-4/h5-8,13,15,23,26H,9-12,14H2,1-4H3/t15-,22-/m1/s1. The number of nitrogens with one attached hydrogen (secondary N) is 1. The highest BCUT2D eigenvalue weighted by atomic mass is 32.1. The van der Waals surface area contributed by atoms with Crippen molar-refractivity contribution in [2.45, 2.75) is 57.1 Å². The Morgan fingerprint density at radius 1 is 1.43 bits per heavy atom. The molecular weight excluding hydrogens is 372 g/mol. The van der Waals surface area contributed by atoms with Gasteiger partial charge in [-0.3, -0.25) is 4.79 Å². The van der Waals surface area contributed by atoms with E-state index in [0.29, 0.717) is 25.6 Å². The van der Waals surface area contributed by atoms with Gasteiger partial charge >= 0.3 is 0 Å². The van der Waals surface area contributed by atoms with Crippen molar-refractivity contribution >= 4 is 17.3 Å². The summed E-state index contributed by atoms with van der Waals surface area (Å²) in [6.07, 6.45) is 2.35. The summed E-state index contributed by atoms with van der Waals surface area (Å²) in [5, 5.41) is 13.9. The molecule has 3 rings (SSSR count). The Morgan fingerprint density at radius 3 is 2.79 bits per heavy atom. The summed E-state index contributed by atoms with van der Waals surface area (Å²) in [5.41, 5.74) is 0.835. The predicted octanol–water partition coefficient (Wildman–Crippen LogP) is 3.45. The Labute approximate surface area is 171 Å². The number of ketones is 1. The molecule has 1 aromatic carbocycles. The fourth-order valence-electron chi connectivity index (χ4n) is 3.75. The lowest BCUT2D eigenvalue weighted by Gasteiger charge is -2.38. The average molecular weight is 403 g/mol. The van der Waals surface area contributed by atoms with E-state index in [-0.39, 0.29) is 5.78 Å².